The standard InChI is InChI=1S/C11H16F3NO3/c12-11(13,14)5-3-9(16)15-6-4-8(7-15)1-2-10(17)18/h8H,1-7H2,(H,17,18). The summed E-state index contributed by atoms with van der Waals surface area (Å²) in [7, 11) is 0. The van der Waals surface area contributed by atoms with Gasteiger partial charge < -0.3 is 10.0 Å². The first-order chi connectivity index (χ1) is 8.28. The fraction of sp³-hybridized carbons (Fsp3) is 0.818. The quantitative estimate of drug-likeness (QED) is 0.829. The van der Waals surface area contributed by atoms with Gasteiger partial charge in [0.1, 0.15) is 0 Å². The van der Waals surface area contributed by atoms with Crippen molar-refractivity contribution in [3.05, 3.63) is 0 Å². The molecule has 1 fully saturated rings. The molecule has 1 unspecified atom stereocenters. The molecule has 0 aromatic heterocycles. The molecule has 1 amide bonds. The van der Waals surface area contributed by atoms with Crippen molar-refractivity contribution in [3.8, 4) is 0 Å². The van der Waals surface area contributed by atoms with Crippen LogP contribution >= 0.6 is 0 Å². The third-order valence-electron chi connectivity index (χ3n) is 3.03. The number of amides is 1. The fourth-order valence-corrected chi connectivity index (χ4v) is 2.03. The Kier molecular flexibility index (Phi) is 4.98. The number of likely N-dealkylation sites (tertiary alicyclic amines) is 1. The molecular weight excluding hydrogens is 251 g/mol. The molecule has 0 aromatic rings. The van der Waals surface area contributed by atoms with Crippen LogP contribution in [0.5, 0.6) is 0 Å². The molecule has 1 aliphatic rings. The Hall–Kier alpha value is -1.27. The lowest BCUT2D eigenvalue weighted by Crippen LogP contribution is -2.29. The number of hydrogen-bond donors (Lipinski definition) is 1. The van der Waals surface area contributed by atoms with Gasteiger partial charge in [0.2, 0.25) is 5.91 Å². The molecule has 7 heteroatoms. The summed E-state index contributed by atoms with van der Waals surface area (Å²) < 4.78 is 35.9. The smallest absolute Gasteiger partial charge is 0.389 e. The Balaban J connectivity index is 2.28. The molecule has 1 saturated heterocycles. The van der Waals surface area contributed by atoms with Crippen LogP contribution in [0, 0.1) is 5.92 Å². The van der Waals surface area contributed by atoms with Gasteiger partial charge in [-0.15, -0.1) is 0 Å². The molecule has 1 heterocycles. The first kappa shape index (κ1) is 14.8. The summed E-state index contributed by atoms with van der Waals surface area (Å²) >= 11 is 0. The lowest BCUT2D eigenvalue weighted by atomic mass is 10.0. The Labute approximate surface area is 103 Å². The van der Waals surface area contributed by atoms with Crippen LogP contribution in [-0.2, 0) is 9.59 Å². The van der Waals surface area contributed by atoms with Crippen LogP contribution in [0.15, 0.2) is 0 Å². The van der Waals surface area contributed by atoms with E-state index in [-0.39, 0.29) is 12.3 Å². The third-order valence-corrected chi connectivity index (χ3v) is 3.03. The normalized spacial score (nSPS) is 20.2. The molecule has 0 bridgehead atoms. The van der Waals surface area contributed by atoms with Gasteiger partial charge in [-0.05, 0) is 18.8 Å². The van der Waals surface area contributed by atoms with Crippen molar-refractivity contribution in [3.63, 3.8) is 0 Å². The van der Waals surface area contributed by atoms with E-state index in [2.05, 4.69) is 0 Å². The number of rotatable bonds is 5. The highest BCUT2D eigenvalue weighted by atomic mass is 19.4. The van der Waals surface area contributed by atoms with Crippen LogP contribution < -0.4 is 0 Å². The summed E-state index contributed by atoms with van der Waals surface area (Å²) in [6.07, 6.45) is -4.74. The van der Waals surface area contributed by atoms with Crippen LogP contribution in [-0.4, -0.2) is 41.1 Å². The predicted octanol–water partition coefficient (Wildman–Crippen LogP) is 2.04. The van der Waals surface area contributed by atoms with Gasteiger partial charge in [-0.2, -0.15) is 13.2 Å². The van der Waals surface area contributed by atoms with E-state index in [0.29, 0.717) is 25.9 Å². The Bertz CT molecular complexity index is 317. The van der Waals surface area contributed by atoms with Crippen molar-refractivity contribution in [1.82, 2.24) is 4.90 Å². The second kappa shape index (κ2) is 6.06. The van der Waals surface area contributed by atoms with E-state index >= 15 is 0 Å². The third kappa shape index (κ3) is 5.37. The van der Waals surface area contributed by atoms with Gasteiger partial charge in [0.25, 0.3) is 0 Å². The Morgan fingerprint density at radius 1 is 1.28 bits per heavy atom. The Morgan fingerprint density at radius 2 is 1.94 bits per heavy atom. The van der Waals surface area contributed by atoms with E-state index in [4.69, 9.17) is 5.11 Å². The molecule has 0 spiro atoms. The second-order valence-corrected chi connectivity index (χ2v) is 4.54. The van der Waals surface area contributed by atoms with E-state index in [1.165, 1.54) is 4.90 Å². The van der Waals surface area contributed by atoms with E-state index < -0.39 is 30.9 Å². The SMILES string of the molecule is O=C(O)CCC1CCN(C(=O)CCC(F)(F)F)C1. The number of carboxylic acids is 1. The summed E-state index contributed by atoms with van der Waals surface area (Å²) in [6.45, 7) is 0.810. The Morgan fingerprint density at radius 3 is 2.50 bits per heavy atom. The van der Waals surface area contributed by atoms with Crippen molar-refractivity contribution in [1.29, 1.82) is 0 Å². The highest BCUT2D eigenvalue weighted by Crippen LogP contribution is 2.25. The molecule has 1 rings (SSSR count). The summed E-state index contributed by atoms with van der Waals surface area (Å²) in [5.74, 6) is -1.29. The summed E-state index contributed by atoms with van der Waals surface area (Å²) in [6, 6.07) is 0. The molecule has 1 atom stereocenters. The summed E-state index contributed by atoms with van der Waals surface area (Å²) in [5, 5.41) is 8.52. The average molecular weight is 267 g/mol. The van der Waals surface area contributed by atoms with Gasteiger partial charge in [0.05, 0.1) is 6.42 Å². The highest BCUT2D eigenvalue weighted by molar-refractivity contribution is 5.76. The van der Waals surface area contributed by atoms with Crippen LogP contribution in [0.2, 0.25) is 0 Å². The number of hydrogen-bond acceptors (Lipinski definition) is 2. The number of carbonyl (C=O) groups is 2. The topological polar surface area (TPSA) is 57.6 Å². The lowest BCUT2D eigenvalue weighted by molar-refractivity contribution is -0.148. The molecule has 0 saturated carbocycles. The number of halogens is 3. The zero-order valence-corrected chi connectivity index (χ0v) is 9.87. The molecule has 0 aliphatic carbocycles. The zero-order chi connectivity index (χ0) is 13.8. The largest absolute Gasteiger partial charge is 0.481 e. The van der Waals surface area contributed by atoms with Gasteiger partial charge in [-0.1, -0.05) is 0 Å². The molecule has 1 aliphatic heterocycles. The minimum absolute atomic E-state index is 0.0370. The fourth-order valence-electron chi connectivity index (χ4n) is 2.03. The van der Waals surface area contributed by atoms with Crippen LogP contribution in [0.25, 0.3) is 0 Å². The lowest BCUT2D eigenvalue weighted by Gasteiger charge is -2.17. The van der Waals surface area contributed by atoms with Crippen molar-refractivity contribution >= 4 is 11.9 Å². The minimum Gasteiger partial charge on any atom is -0.481 e. The first-order valence-corrected chi connectivity index (χ1v) is 5.84. The number of aliphatic carboxylic acids is 1. The molecule has 4 nitrogen and oxygen atoms in total. The van der Waals surface area contributed by atoms with Crippen LogP contribution in [0.1, 0.15) is 32.1 Å². The second-order valence-electron chi connectivity index (χ2n) is 4.54. The van der Waals surface area contributed by atoms with E-state index in [1.807, 2.05) is 0 Å². The van der Waals surface area contributed by atoms with Gasteiger partial charge in [0.15, 0.2) is 0 Å². The molecule has 104 valence electrons. The molecule has 1 N–H and O–H groups in total. The molecule has 18 heavy (non-hydrogen) atoms. The summed E-state index contributed by atoms with van der Waals surface area (Å²) in [5.41, 5.74) is 0. The summed E-state index contributed by atoms with van der Waals surface area (Å²) in [4.78, 5) is 23.3. The van der Waals surface area contributed by atoms with Crippen LogP contribution in [0.4, 0.5) is 13.2 Å². The maximum Gasteiger partial charge on any atom is 0.389 e. The molecule has 0 radical (unpaired) electrons. The van der Waals surface area contributed by atoms with Gasteiger partial charge >= 0.3 is 12.1 Å². The minimum atomic E-state index is -4.31. The number of carbonyl (C=O) groups excluding carboxylic acids is 1. The maximum atomic E-state index is 12.0. The van der Waals surface area contributed by atoms with Crippen molar-refractivity contribution in [2.45, 2.75) is 38.3 Å². The van der Waals surface area contributed by atoms with E-state index in [9.17, 15) is 22.8 Å². The van der Waals surface area contributed by atoms with Gasteiger partial charge in [0, 0.05) is 25.9 Å². The van der Waals surface area contributed by atoms with Gasteiger partial charge in [-0.25, -0.2) is 0 Å². The van der Waals surface area contributed by atoms with Crippen LogP contribution in [0.3, 0.4) is 0 Å². The van der Waals surface area contributed by atoms with Crippen molar-refractivity contribution in [2.24, 2.45) is 5.92 Å². The predicted molar refractivity (Wildman–Crippen MR) is 56.8 cm³/mol. The molecular formula is C11H16F3NO3. The number of alkyl halides is 3. The van der Waals surface area contributed by atoms with E-state index in [0.717, 1.165) is 0 Å². The highest BCUT2D eigenvalue weighted by Gasteiger charge is 2.31. The monoisotopic (exact) mass is 267 g/mol. The average Bonchev–Trinajstić information content (AvgIpc) is 2.70. The zero-order valence-electron chi connectivity index (χ0n) is 9.87. The number of nitrogens with zero attached hydrogens (tertiary/aromatic N) is 1. The van der Waals surface area contributed by atoms with Crippen molar-refractivity contribution in [2.75, 3.05) is 13.1 Å². The van der Waals surface area contributed by atoms with Crippen molar-refractivity contribution < 1.29 is 27.9 Å². The van der Waals surface area contributed by atoms with Gasteiger partial charge in [-0.3, -0.25) is 9.59 Å². The maximum absolute atomic E-state index is 12.0. The molecule has 0 aromatic carbocycles. The first-order valence-electron chi connectivity index (χ1n) is 5.84. The van der Waals surface area contributed by atoms with E-state index in [1.54, 1.807) is 0 Å². The number of carboxylic acid groups (broad SMARTS) is 1.